The number of aromatic nitrogens is 2. The first-order chi connectivity index (χ1) is 9.62. The van der Waals surface area contributed by atoms with Crippen molar-refractivity contribution in [2.75, 3.05) is 0 Å². The average molecular weight is 311 g/mol. The van der Waals surface area contributed by atoms with Gasteiger partial charge in [-0.3, -0.25) is 9.48 Å². The van der Waals surface area contributed by atoms with E-state index in [9.17, 15) is 4.79 Å². The third-order valence-corrected chi connectivity index (χ3v) is 4.17. The first kappa shape index (κ1) is 15.1. The van der Waals surface area contributed by atoms with Crippen molar-refractivity contribution in [1.29, 1.82) is 0 Å². The number of halogens is 2. The Balaban J connectivity index is 2.45. The van der Waals surface area contributed by atoms with Crippen LogP contribution in [0.4, 0.5) is 0 Å². The lowest BCUT2D eigenvalue weighted by atomic mass is 10.1. The second-order valence-electron chi connectivity index (χ2n) is 4.50. The summed E-state index contributed by atoms with van der Waals surface area (Å²) >= 11 is 12.2. The predicted octanol–water partition coefficient (Wildman–Crippen LogP) is 4.18. The number of carbonyl (C=O) groups excluding carboxylic acids is 1. The Morgan fingerprint density at radius 1 is 1.25 bits per heavy atom. The van der Waals surface area contributed by atoms with Crippen LogP contribution in [0.15, 0.2) is 18.2 Å². The molecule has 0 bridgehead atoms. The van der Waals surface area contributed by atoms with E-state index in [1.165, 1.54) is 0 Å². The maximum atomic E-state index is 11.3. The van der Waals surface area contributed by atoms with E-state index in [1.54, 1.807) is 6.07 Å². The molecule has 0 fully saturated rings. The molecule has 0 saturated carbocycles. The van der Waals surface area contributed by atoms with Gasteiger partial charge in [0.25, 0.3) is 0 Å². The van der Waals surface area contributed by atoms with Gasteiger partial charge >= 0.3 is 0 Å². The highest BCUT2D eigenvalue weighted by Crippen LogP contribution is 2.27. The summed E-state index contributed by atoms with van der Waals surface area (Å²) in [6.07, 6.45) is 2.37. The second kappa shape index (κ2) is 6.42. The number of hydrogen-bond donors (Lipinski definition) is 0. The van der Waals surface area contributed by atoms with Crippen LogP contribution >= 0.6 is 23.2 Å². The zero-order valence-corrected chi connectivity index (χ0v) is 13.0. The van der Waals surface area contributed by atoms with Crippen molar-refractivity contribution in [2.45, 2.75) is 33.2 Å². The molecule has 1 heterocycles. The quantitative estimate of drug-likeness (QED) is 0.777. The molecular formula is C15H16Cl2N2O. The summed E-state index contributed by atoms with van der Waals surface area (Å²) in [5.74, 6) is 0. The molecule has 5 heteroatoms. The molecule has 0 radical (unpaired) electrons. The minimum atomic E-state index is 0.517. The van der Waals surface area contributed by atoms with Crippen LogP contribution in [-0.4, -0.2) is 16.1 Å². The third-order valence-electron chi connectivity index (χ3n) is 3.31. The number of aldehydes is 1. The molecule has 1 aromatic heterocycles. The number of aryl methyl sites for hydroxylation is 1. The van der Waals surface area contributed by atoms with Crippen molar-refractivity contribution >= 4 is 29.5 Å². The topological polar surface area (TPSA) is 34.9 Å². The van der Waals surface area contributed by atoms with Crippen LogP contribution in [-0.2, 0) is 19.4 Å². The smallest absolute Gasteiger partial charge is 0.153 e. The highest BCUT2D eigenvalue weighted by atomic mass is 35.5. The molecule has 0 N–H and O–H groups in total. The number of rotatable bonds is 5. The fourth-order valence-electron chi connectivity index (χ4n) is 2.30. The zero-order valence-electron chi connectivity index (χ0n) is 11.5. The van der Waals surface area contributed by atoms with Crippen molar-refractivity contribution in [1.82, 2.24) is 9.78 Å². The van der Waals surface area contributed by atoms with E-state index < -0.39 is 0 Å². The molecular weight excluding hydrogens is 295 g/mol. The van der Waals surface area contributed by atoms with Crippen LogP contribution in [0.5, 0.6) is 0 Å². The van der Waals surface area contributed by atoms with E-state index in [2.05, 4.69) is 5.10 Å². The normalized spacial score (nSPS) is 10.8. The van der Waals surface area contributed by atoms with Gasteiger partial charge in [0.05, 0.1) is 27.8 Å². The van der Waals surface area contributed by atoms with Crippen molar-refractivity contribution in [3.05, 3.63) is 50.8 Å². The summed E-state index contributed by atoms with van der Waals surface area (Å²) in [7, 11) is 0. The van der Waals surface area contributed by atoms with Gasteiger partial charge in [0.2, 0.25) is 0 Å². The lowest BCUT2D eigenvalue weighted by Gasteiger charge is -2.09. The molecule has 0 atom stereocenters. The molecule has 0 aliphatic heterocycles. The molecule has 0 amide bonds. The Kier molecular flexibility index (Phi) is 4.84. The minimum Gasteiger partial charge on any atom is -0.298 e. The fourth-order valence-corrected chi connectivity index (χ4v) is 2.68. The first-order valence-electron chi connectivity index (χ1n) is 6.58. The number of carbonyl (C=O) groups is 1. The molecule has 2 aromatic rings. The summed E-state index contributed by atoms with van der Waals surface area (Å²) in [6.45, 7) is 4.52. The van der Waals surface area contributed by atoms with Crippen molar-refractivity contribution in [3.63, 3.8) is 0 Å². The van der Waals surface area contributed by atoms with Gasteiger partial charge in [0.15, 0.2) is 6.29 Å². The van der Waals surface area contributed by atoms with E-state index in [0.29, 0.717) is 22.2 Å². The van der Waals surface area contributed by atoms with Crippen molar-refractivity contribution in [3.8, 4) is 0 Å². The molecule has 2 rings (SSSR count). The van der Waals surface area contributed by atoms with E-state index in [0.717, 1.165) is 36.1 Å². The third kappa shape index (κ3) is 2.74. The van der Waals surface area contributed by atoms with Crippen LogP contribution in [0.1, 0.15) is 41.2 Å². The Morgan fingerprint density at radius 3 is 2.60 bits per heavy atom. The van der Waals surface area contributed by atoms with Gasteiger partial charge < -0.3 is 0 Å². The van der Waals surface area contributed by atoms with Gasteiger partial charge in [0, 0.05) is 5.69 Å². The summed E-state index contributed by atoms with van der Waals surface area (Å²) in [4.78, 5) is 11.3. The van der Waals surface area contributed by atoms with Crippen LogP contribution in [0, 0.1) is 0 Å². The number of nitrogens with zero attached hydrogens (tertiary/aromatic N) is 2. The molecule has 0 spiro atoms. The van der Waals surface area contributed by atoms with E-state index in [-0.39, 0.29) is 0 Å². The highest BCUT2D eigenvalue weighted by Gasteiger charge is 2.16. The second-order valence-corrected chi connectivity index (χ2v) is 5.29. The van der Waals surface area contributed by atoms with Gasteiger partial charge in [-0.15, -0.1) is 0 Å². The minimum absolute atomic E-state index is 0.517. The lowest BCUT2D eigenvalue weighted by molar-refractivity contribution is 0.112. The van der Waals surface area contributed by atoms with Crippen LogP contribution < -0.4 is 0 Å². The average Bonchev–Trinajstić information content (AvgIpc) is 2.80. The fraction of sp³-hybridized carbons (Fsp3) is 0.333. The summed E-state index contributed by atoms with van der Waals surface area (Å²) in [5, 5.41) is 5.59. The van der Waals surface area contributed by atoms with Crippen molar-refractivity contribution in [2.24, 2.45) is 0 Å². The van der Waals surface area contributed by atoms with Gasteiger partial charge in [-0.1, -0.05) is 49.2 Å². The van der Waals surface area contributed by atoms with E-state index in [4.69, 9.17) is 23.2 Å². The van der Waals surface area contributed by atoms with Gasteiger partial charge in [-0.2, -0.15) is 5.10 Å². The molecule has 0 unspecified atom stereocenters. The van der Waals surface area contributed by atoms with E-state index in [1.807, 2.05) is 30.7 Å². The molecule has 0 aliphatic carbocycles. The highest BCUT2D eigenvalue weighted by molar-refractivity contribution is 6.42. The molecule has 3 nitrogen and oxygen atoms in total. The van der Waals surface area contributed by atoms with Crippen LogP contribution in [0.3, 0.4) is 0 Å². The maximum absolute atomic E-state index is 11.3. The predicted molar refractivity (Wildman–Crippen MR) is 81.9 cm³/mol. The lowest BCUT2D eigenvalue weighted by Crippen LogP contribution is -2.07. The summed E-state index contributed by atoms with van der Waals surface area (Å²) in [5.41, 5.74) is 3.37. The van der Waals surface area contributed by atoms with Crippen molar-refractivity contribution < 1.29 is 4.79 Å². The van der Waals surface area contributed by atoms with Crippen LogP contribution in [0.25, 0.3) is 0 Å². The summed E-state index contributed by atoms with van der Waals surface area (Å²) < 4.78 is 1.85. The molecule has 0 aliphatic rings. The van der Waals surface area contributed by atoms with E-state index >= 15 is 0 Å². The Hall–Kier alpha value is -1.32. The first-order valence-corrected chi connectivity index (χ1v) is 7.34. The Labute approximate surface area is 128 Å². The van der Waals surface area contributed by atoms with Crippen LogP contribution in [0.2, 0.25) is 10.0 Å². The standard InChI is InChI=1S/C15H16Cl2N2O/c1-3-13-11(9-20)14(4-2)19(18-13)8-10-6-5-7-12(16)15(10)17/h5-7,9H,3-4,8H2,1-2H3. The molecule has 20 heavy (non-hydrogen) atoms. The monoisotopic (exact) mass is 310 g/mol. The zero-order chi connectivity index (χ0) is 14.7. The SMILES string of the molecule is CCc1nn(Cc2cccc(Cl)c2Cl)c(CC)c1C=O. The van der Waals surface area contributed by atoms with Gasteiger partial charge in [-0.05, 0) is 24.5 Å². The number of benzene rings is 1. The largest absolute Gasteiger partial charge is 0.298 e. The Bertz CT molecular complexity index is 635. The van der Waals surface area contributed by atoms with Gasteiger partial charge in [0.1, 0.15) is 0 Å². The molecule has 1 aromatic carbocycles. The Morgan fingerprint density at radius 2 is 2.00 bits per heavy atom. The van der Waals surface area contributed by atoms with Gasteiger partial charge in [-0.25, -0.2) is 0 Å². The molecule has 0 saturated heterocycles. The molecule has 106 valence electrons. The number of hydrogen-bond acceptors (Lipinski definition) is 2. The summed E-state index contributed by atoms with van der Waals surface area (Å²) in [6, 6.07) is 5.53. The maximum Gasteiger partial charge on any atom is 0.153 e.